The second-order valence-electron chi connectivity index (χ2n) is 4.18. The molecule has 0 nitrogen and oxygen atoms in total. The fraction of sp³-hybridized carbons (Fsp3) is 0.500. The molecule has 0 saturated carbocycles. The monoisotopic (exact) mass is 316 g/mol. The van der Waals surface area contributed by atoms with E-state index in [2.05, 4.69) is 52.0 Å². The molecule has 2 aliphatic carbocycles. The van der Waals surface area contributed by atoms with E-state index in [-0.39, 0.29) is 19.5 Å². The summed E-state index contributed by atoms with van der Waals surface area (Å²) in [5.74, 6) is 0. The van der Waals surface area contributed by atoms with Gasteiger partial charge in [-0.2, -0.15) is 23.3 Å². The Labute approximate surface area is 119 Å². The van der Waals surface area contributed by atoms with Crippen molar-refractivity contribution in [1.29, 1.82) is 0 Å². The first-order valence-electron chi connectivity index (χ1n) is 6.22. The van der Waals surface area contributed by atoms with Gasteiger partial charge in [0.15, 0.2) is 0 Å². The van der Waals surface area contributed by atoms with E-state index in [0.717, 1.165) is 12.8 Å². The maximum Gasteiger partial charge on any atom is 2.00 e. The minimum Gasteiger partial charge on any atom is -0.269 e. The van der Waals surface area contributed by atoms with Crippen LogP contribution in [-0.2, 0) is 19.5 Å². The number of allylic oxidation sites excluding steroid dienone is 8. The van der Waals surface area contributed by atoms with Crippen LogP contribution in [0, 0.1) is 12.2 Å². The summed E-state index contributed by atoms with van der Waals surface area (Å²) in [5, 5.41) is 0. The Hall–Kier alpha value is -0.417. The molecule has 94 valence electrons. The van der Waals surface area contributed by atoms with Crippen LogP contribution in [-0.4, -0.2) is 0 Å². The van der Waals surface area contributed by atoms with Gasteiger partial charge in [-0.15, -0.1) is 12.8 Å². The van der Waals surface area contributed by atoms with Crippen LogP contribution < -0.4 is 0 Å². The molecule has 0 spiro atoms. The van der Waals surface area contributed by atoms with E-state index in [0.29, 0.717) is 0 Å². The molecule has 0 fully saturated rings. The number of hydrogen-bond acceptors (Lipinski definition) is 0. The van der Waals surface area contributed by atoms with Gasteiger partial charge in [0.25, 0.3) is 0 Å². The average molecular weight is 315 g/mol. The van der Waals surface area contributed by atoms with Gasteiger partial charge in [0.05, 0.1) is 0 Å². The summed E-state index contributed by atoms with van der Waals surface area (Å²) in [4.78, 5) is 0. The van der Waals surface area contributed by atoms with E-state index < -0.39 is 0 Å². The number of hydrogen-bond donors (Lipinski definition) is 0. The van der Waals surface area contributed by atoms with Gasteiger partial charge in [-0.3, -0.25) is 12.2 Å². The number of rotatable bonds is 2. The first-order chi connectivity index (χ1) is 7.69. The first-order valence-corrected chi connectivity index (χ1v) is 6.22. The zero-order chi connectivity index (χ0) is 12.0. The van der Waals surface area contributed by atoms with Gasteiger partial charge in [-0.1, -0.05) is 40.5 Å². The van der Waals surface area contributed by atoms with Crippen molar-refractivity contribution >= 4 is 0 Å². The second kappa shape index (κ2) is 8.64. The van der Waals surface area contributed by atoms with Crippen molar-refractivity contribution in [3.8, 4) is 0 Å². The Morgan fingerprint density at radius 1 is 0.882 bits per heavy atom. The summed E-state index contributed by atoms with van der Waals surface area (Å²) < 4.78 is 0. The third kappa shape index (κ3) is 5.17. The molecule has 0 amide bonds. The maximum absolute atomic E-state index is 3.24. The Balaban J connectivity index is 0.000000284. The standard InChI is InChI=1S/2C8H11.Ru/c2*1-3-8-6-4-5-7(8)2;/h2*6H,3-4H2,1-2H3;/q2*-1;+2. The summed E-state index contributed by atoms with van der Waals surface area (Å²) >= 11 is 0. The molecular weight excluding hydrogens is 293 g/mol. The molecule has 1 heteroatoms. The first kappa shape index (κ1) is 16.6. The smallest absolute Gasteiger partial charge is 0.269 e. The summed E-state index contributed by atoms with van der Waals surface area (Å²) in [6.07, 6.45) is 15.4. The predicted octanol–water partition coefficient (Wildman–Crippen LogP) is 4.95. The third-order valence-corrected chi connectivity index (χ3v) is 3.16. The molecule has 0 aromatic rings. The van der Waals surface area contributed by atoms with Gasteiger partial charge in [-0.05, 0) is 0 Å². The average Bonchev–Trinajstić information content (AvgIpc) is 2.87. The topological polar surface area (TPSA) is 0 Å². The van der Waals surface area contributed by atoms with Crippen molar-refractivity contribution in [3.63, 3.8) is 0 Å². The molecule has 2 aliphatic rings. The van der Waals surface area contributed by atoms with E-state index in [4.69, 9.17) is 0 Å². The fourth-order valence-electron chi connectivity index (χ4n) is 2.01. The summed E-state index contributed by atoms with van der Waals surface area (Å²) in [7, 11) is 0. The molecule has 2 rings (SSSR count). The molecule has 0 radical (unpaired) electrons. The molecule has 0 aromatic heterocycles. The molecule has 0 atom stereocenters. The zero-order valence-electron chi connectivity index (χ0n) is 11.3. The van der Waals surface area contributed by atoms with Crippen molar-refractivity contribution in [3.05, 3.63) is 46.6 Å². The molecule has 0 unspecified atom stereocenters. The van der Waals surface area contributed by atoms with E-state index in [1.807, 2.05) is 0 Å². The van der Waals surface area contributed by atoms with Crippen molar-refractivity contribution in [2.75, 3.05) is 0 Å². The van der Waals surface area contributed by atoms with Crippen LogP contribution in [0.15, 0.2) is 34.4 Å². The van der Waals surface area contributed by atoms with Crippen LogP contribution in [0.25, 0.3) is 0 Å². The SMILES string of the molecule is CCC1=CC[C-]=C1C.CCC1=CC[C-]=C1C.[Ru+2]. The zero-order valence-corrected chi connectivity index (χ0v) is 13.1. The normalized spacial score (nSPS) is 17.2. The van der Waals surface area contributed by atoms with Gasteiger partial charge in [0, 0.05) is 0 Å². The van der Waals surface area contributed by atoms with Gasteiger partial charge in [0.1, 0.15) is 0 Å². The molecule has 0 heterocycles. The van der Waals surface area contributed by atoms with Crippen LogP contribution >= 0.6 is 0 Å². The Morgan fingerprint density at radius 3 is 1.35 bits per heavy atom. The fourth-order valence-corrected chi connectivity index (χ4v) is 2.01. The van der Waals surface area contributed by atoms with Gasteiger partial charge in [0.2, 0.25) is 0 Å². The molecule has 17 heavy (non-hydrogen) atoms. The van der Waals surface area contributed by atoms with Gasteiger partial charge >= 0.3 is 19.5 Å². The molecule has 0 aliphatic heterocycles. The summed E-state index contributed by atoms with van der Waals surface area (Å²) in [5.41, 5.74) is 5.66. The predicted molar refractivity (Wildman–Crippen MR) is 70.8 cm³/mol. The van der Waals surface area contributed by atoms with Crippen LogP contribution in [0.4, 0.5) is 0 Å². The van der Waals surface area contributed by atoms with E-state index in [9.17, 15) is 0 Å². The Kier molecular flexibility index (Phi) is 8.43. The van der Waals surface area contributed by atoms with Crippen LogP contribution in [0.5, 0.6) is 0 Å². The van der Waals surface area contributed by atoms with Crippen LogP contribution in [0.2, 0.25) is 0 Å². The minimum atomic E-state index is 0. The van der Waals surface area contributed by atoms with Crippen molar-refractivity contribution in [2.24, 2.45) is 0 Å². The maximum atomic E-state index is 3.24. The molecule has 0 saturated heterocycles. The molecule has 0 bridgehead atoms. The summed E-state index contributed by atoms with van der Waals surface area (Å²) in [6, 6.07) is 0. The minimum absolute atomic E-state index is 0. The second-order valence-corrected chi connectivity index (χ2v) is 4.18. The van der Waals surface area contributed by atoms with Gasteiger partial charge < -0.3 is 0 Å². The van der Waals surface area contributed by atoms with E-state index >= 15 is 0 Å². The quantitative estimate of drug-likeness (QED) is 0.499. The van der Waals surface area contributed by atoms with Crippen molar-refractivity contribution in [2.45, 2.75) is 53.4 Å². The molecule has 0 N–H and O–H groups in total. The largest absolute Gasteiger partial charge is 2.00 e. The Morgan fingerprint density at radius 2 is 1.24 bits per heavy atom. The van der Waals surface area contributed by atoms with Crippen molar-refractivity contribution < 1.29 is 19.5 Å². The molecule has 0 aromatic carbocycles. The van der Waals surface area contributed by atoms with Crippen molar-refractivity contribution in [1.82, 2.24) is 0 Å². The van der Waals surface area contributed by atoms with E-state index in [1.54, 1.807) is 0 Å². The van der Waals surface area contributed by atoms with E-state index in [1.165, 1.54) is 35.1 Å². The van der Waals surface area contributed by atoms with Gasteiger partial charge in [-0.25, -0.2) is 11.1 Å². The summed E-state index contributed by atoms with van der Waals surface area (Å²) in [6.45, 7) is 8.62. The van der Waals surface area contributed by atoms with Crippen LogP contribution in [0.1, 0.15) is 53.4 Å². The molecular formula is C16H22Ru. The Bertz CT molecular complexity index is 318. The van der Waals surface area contributed by atoms with Crippen LogP contribution in [0.3, 0.4) is 0 Å². The third-order valence-electron chi connectivity index (χ3n) is 3.16.